The zero-order valence-corrected chi connectivity index (χ0v) is 10.6. The first-order chi connectivity index (χ1) is 9.60. The van der Waals surface area contributed by atoms with E-state index < -0.39 is 11.7 Å². The second kappa shape index (κ2) is 5.99. The van der Waals surface area contributed by atoms with Gasteiger partial charge in [0.1, 0.15) is 18.2 Å². The zero-order chi connectivity index (χ0) is 14.5. The van der Waals surface area contributed by atoms with Gasteiger partial charge in [-0.3, -0.25) is 4.79 Å². The molecule has 0 bridgehead atoms. The van der Waals surface area contributed by atoms with Crippen molar-refractivity contribution in [3.05, 3.63) is 47.0 Å². The number of aryl methyl sites for hydroxylation is 1. The lowest BCUT2D eigenvalue weighted by molar-refractivity contribution is 0.102. The summed E-state index contributed by atoms with van der Waals surface area (Å²) in [5, 5.41) is 14.8. The van der Waals surface area contributed by atoms with Gasteiger partial charge >= 0.3 is 0 Å². The van der Waals surface area contributed by atoms with Crippen LogP contribution in [0.4, 0.5) is 10.2 Å². The van der Waals surface area contributed by atoms with Gasteiger partial charge in [-0.15, -0.1) is 0 Å². The minimum absolute atomic E-state index is 0.188. The molecule has 0 saturated carbocycles. The van der Waals surface area contributed by atoms with Gasteiger partial charge in [0.2, 0.25) is 0 Å². The Morgan fingerprint density at radius 1 is 1.50 bits per heavy atom. The molecule has 0 fully saturated rings. The highest BCUT2D eigenvalue weighted by Gasteiger charge is 2.13. The number of aliphatic hydroxyl groups is 1. The van der Waals surface area contributed by atoms with Crippen LogP contribution in [0.5, 0.6) is 0 Å². The van der Waals surface area contributed by atoms with E-state index in [0.29, 0.717) is 5.76 Å². The number of benzene rings is 1. The van der Waals surface area contributed by atoms with E-state index in [1.807, 2.05) is 0 Å². The van der Waals surface area contributed by atoms with Crippen molar-refractivity contribution in [2.24, 2.45) is 0 Å². The highest BCUT2D eigenvalue weighted by atomic mass is 19.1. The molecule has 0 aliphatic heterocycles. The molecule has 2 N–H and O–H groups in total. The fraction of sp³-hybridized carbons (Fsp3) is 0.143. The molecule has 0 radical (unpaired) electrons. The summed E-state index contributed by atoms with van der Waals surface area (Å²) in [6.07, 6.45) is 0. The summed E-state index contributed by atoms with van der Waals surface area (Å²) >= 11 is 0. The zero-order valence-electron chi connectivity index (χ0n) is 10.6. The SMILES string of the molecule is Cc1cc(NC(=O)c2ccc(F)cc2C#CCO)no1. The fourth-order valence-electron chi connectivity index (χ4n) is 1.56. The molecule has 0 aliphatic rings. The number of nitrogens with one attached hydrogen (secondary N) is 1. The van der Waals surface area contributed by atoms with Crippen LogP contribution >= 0.6 is 0 Å². The number of aromatic nitrogens is 1. The molecule has 6 heteroatoms. The van der Waals surface area contributed by atoms with Crippen LogP contribution in [0.2, 0.25) is 0 Å². The van der Waals surface area contributed by atoms with Gasteiger partial charge in [-0.25, -0.2) is 4.39 Å². The van der Waals surface area contributed by atoms with E-state index in [1.54, 1.807) is 13.0 Å². The van der Waals surface area contributed by atoms with E-state index in [-0.39, 0.29) is 23.6 Å². The van der Waals surface area contributed by atoms with E-state index >= 15 is 0 Å². The Bertz CT molecular complexity index is 698. The second-order valence-electron chi connectivity index (χ2n) is 3.93. The third-order valence-electron chi connectivity index (χ3n) is 2.40. The molecule has 102 valence electrons. The van der Waals surface area contributed by atoms with Gasteiger partial charge in [0.05, 0.1) is 5.56 Å². The molecule has 1 amide bonds. The molecule has 2 rings (SSSR count). The van der Waals surface area contributed by atoms with Crippen LogP contribution in [0.1, 0.15) is 21.7 Å². The molecule has 0 unspecified atom stereocenters. The molecule has 1 aromatic carbocycles. The Balaban J connectivity index is 2.29. The van der Waals surface area contributed by atoms with Crippen molar-refractivity contribution in [3.8, 4) is 11.8 Å². The third kappa shape index (κ3) is 3.22. The van der Waals surface area contributed by atoms with Crippen LogP contribution in [0.25, 0.3) is 0 Å². The number of hydrogen-bond donors (Lipinski definition) is 2. The molecule has 0 saturated heterocycles. The third-order valence-corrected chi connectivity index (χ3v) is 2.40. The highest BCUT2D eigenvalue weighted by Crippen LogP contribution is 2.14. The Hall–Kier alpha value is -2.65. The number of nitrogens with zero attached hydrogens (tertiary/aromatic N) is 1. The summed E-state index contributed by atoms with van der Waals surface area (Å²) in [6.45, 7) is 1.32. The van der Waals surface area contributed by atoms with Gasteiger partial charge in [0.25, 0.3) is 5.91 Å². The topological polar surface area (TPSA) is 75.4 Å². The van der Waals surface area contributed by atoms with E-state index in [0.717, 1.165) is 12.1 Å². The van der Waals surface area contributed by atoms with Crippen LogP contribution in [0, 0.1) is 24.6 Å². The summed E-state index contributed by atoms with van der Waals surface area (Å²) in [4.78, 5) is 12.1. The number of rotatable bonds is 2. The smallest absolute Gasteiger partial charge is 0.258 e. The summed E-state index contributed by atoms with van der Waals surface area (Å²) in [5.74, 6) is 4.73. The molecule has 0 atom stereocenters. The maximum Gasteiger partial charge on any atom is 0.258 e. The molecule has 1 heterocycles. The predicted octanol–water partition coefficient (Wildman–Crippen LogP) is 1.72. The fourth-order valence-corrected chi connectivity index (χ4v) is 1.56. The van der Waals surface area contributed by atoms with Gasteiger partial charge < -0.3 is 14.9 Å². The van der Waals surface area contributed by atoms with Crippen molar-refractivity contribution in [2.45, 2.75) is 6.92 Å². The van der Waals surface area contributed by atoms with Crippen molar-refractivity contribution in [1.82, 2.24) is 5.16 Å². The van der Waals surface area contributed by atoms with Crippen LogP contribution < -0.4 is 5.32 Å². The Labute approximate surface area is 114 Å². The highest BCUT2D eigenvalue weighted by molar-refractivity contribution is 6.05. The number of aliphatic hydroxyl groups excluding tert-OH is 1. The lowest BCUT2D eigenvalue weighted by Crippen LogP contribution is -2.14. The standard InChI is InChI=1S/C14H11FN2O3/c1-9-7-13(17-20-9)16-14(19)12-5-4-11(15)8-10(12)3-2-6-18/h4-5,7-8,18H,6H2,1H3,(H,16,17,19). The molecule has 2 aromatic rings. The monoisotopic (exact) mass is 274 g/mol. The first-order valence-electron chi connectivity index (χ1n) is 5.74. The predicted molar refractivity (Wildman–Crippen MR) is 69.6 cm³/mol. The van der Waals surface area contributed by atoms with E-state index in [9.17, 15) is 9.18 Å². The number of amides is 1. The summed E-state index contributed by atoms with van der Waals surface area (Å²) in [5.41, 5.74) is 0.379. The Kier molecular flexibility index (Phi) is 4.13. The number of hydrogen-bond acceptors (Lipinski definition) is 4. The van der Waals surface area contributed by atoms with Gasteiger partial charge in [-0.05, 0) is 25.1 Å². The van der Waals surface area contributed by atoms with Crippen molar-refractivity contribution in [3.63, 3.8) is 0 Å². The van der Waals surface area contributed by atoms with Crippen molar-refractivity contribution in [2.75, 3.05) is 11.9 Å². The lowest BCUT2D eigenvalue weighted by Gasteiger charge is -2.04. The van der Waals surface area contributed by atoms with E-state index in [2.05, 4.69) is 22.3 Å². The number of anilines is 1. The second-order valence-corrected chi connectivity index (χ2v) is 3.93. The quantitative estimate of drug-likeness (QED) is 0.818. The summed E-state index contributed by atoms with van der Waals surface area (Å²) in [7, 11) is 0. The van der Waals surface area contributed by atoms with E-state index in [1.165, 1.54) is 6.07 Å². The first-order valence-corrected chi connectivity index (χ1v) is 5.74. The lowest BCUT2D eigenvalue weighted by atomic mass is 10.1. The van der Waals surface area contributed by atoms with E-state index in [4.69, 9.17) is 9.63 Å². The summed E-state index contributed by atoms with van der Waals surface area (Å²) < 4.78 is 18.0. The first kappa shape index (κ1) is 13.8. The molecular weight excluding hydrogens is 263 g/mol. The van der Waals surface area contributed by atoms with Crippen LogP contribution in [-0.4, -0.2) is 22.8 Å². The molecular formula is C14H11FN2O3. The maximum absolute atomic E-state index is 13.2. The van der Waals surface area contributed by atoms with Gasteiger partial charge in [0, 0.05) is 11.6 Å². The molecule has 0 spiro atoms. The Morgan fingerprint density at radius 2 is 2.30 bits per heavy atom. The minimum Gasteiger partial charge on any atom is -0.384 e. The average molecular weight is 274 g/mol. The van der Waals surface area contributed by atoms with Crippen molar-refractivity contribution >= 4 is 11.7 Å². The number of carbonyl (C=O) groups excluding carboxylic acids is 1. The van der Waals surface area contributed by atoms with Crippen LogP contribution in [-0.2, 0) is 0 Å². The maximum atomic E-state index is 13.2. The van der Waals surface area contributed by atoms with Gasteiger partial charge in [-0.1, -0.05) is 17.0 Å². The minimum atomic E-state index is -0.513. The Morgan fingerprint density at radius 3 is 2.95 bits per heavy atom. The summed E-state index contributed by atoms with van der Waals surface area (Å²) in [6, 6.07) is 5.16. The average Bonchev–Trinajstić information content (AvgIpc) is 2.81. The van der Waals surface area contributed by atoms with Crippen molar-refractivity contribution < 1.29 is 18.8 Å². The van der Waals surface area contributed by atoms with Gasteiger partial charge in [-0.2, -0.15) is 0 Å². The molecule has 0 aliphatic carbocycles. The van der Waals surface area contributed by atoms with Gasteiger partial charge in [0.15, 0.2) is 5.82 Å². The normalized spacial score (nSPS) is 9.75. The molecule has 20 heavy (non-hydrogen) atoms. The van der Waals surface area contributed by atoms with Crippen molar-refractivity contribution in [1.29, 1.82) is 0 Å². The van der Waals surface area contributed by atoms with Crippen LogP contribution in [0.3, 0.4) is 0 Å². The van der Waals surface area contributed by atoms with Crippen LogP contribution in [0.15, 0.2) is 28.8 Å². The largest absolute Gasteiger partial charge is 0.384 e. The number of carbonyl (C=O) groups is 1. The molecule has 5 nitrogen and oxygen atoms in total. The number of halogens is 1. The molecule has 1 aromatic heterocycles.